The maximum Gasteiger partial charge on any atom is 0.239 e. The van der Waals surface area contributed by atoms with Crippen LogP contribution in [0.5, 0.6) is 0 Å². The number of morpholine rings is 1. The van der Waals surface area contributed by atoms with Gasteiger partial charge in [-0.05, 0) is 26.7 Å². The molecule has 17 heavy (non-hydrogen) atoms. The third-order valence-electron chi connectivity index (χ3n) is 3.48. The summed E-state index contributed by atoms with van der Waals surface area (Å²) in [5.74, 6) is 0.0939. The topological polar surface area (TPSA) is 58.6 Å². The summed E-state index contributed by atoms with van der Waals surface area (Å²) in [7, 11) is 0. The fourth-order valence-electron chi connectivity index (χ4n) is 2.06. The van der Waals surface area contributed by atoms with Gasteiger partial charge in [0.15, 0.2) is 0 Å². The molecule has 5 heteroatoms. The fourth-order valence-corrected chi connectivity index (χ4v) is 2.06. The van der Waals surface area contributed by atoms with Crippen LogP contribution >= 0.6 is 0 Å². The number of amides is 1. The average molecular weight is 240 g/mol. The van der Waals surface area contributed by atoms with Crippen molar-refractivity contribution in [3.05, 3.63) is 0 Å². The van der Waals surface area contributed by atoms with Crippen molar-refractivity contribution in [1.82, 2.24) is 10.2 Å². The summed E-state index contributed by atoms with van der Waals surface area (Å²) in [5.41, 5.74) is 0. The first-order valence-electron chi connectivity index (χ1n) is 6.24. The van der Waals surface area contributed by atoms with E-state index < -0.39 is 0 Å². The molecular formula is C12H20N2O3. The fraction of sp³-hybridized carbons (Fsp3) is 0.833. The molecule has 5 nitrogen and oxygen atoms in total. The number of ketones is 1. The van der Waals surface area contributed by atoms with Crippen molar-refractivity contribution in [3.63, 3.8) is 0 Å². The number of ether oxygens (including phenoxy) is 1. The van der Waals surface area contributed by atoms with E-state index in [9.17, 15) is 9.59 Å². The van der Waals surface area contributed by atoms with Gasteiger partial charge in [0.2, 0.25) is 5.91 Å². The predicted octanol–water partition coefficient (Wildman–Crippen LogP) is -0.0567. The van der Waals surface area contributed by atoms with E-state index in [0.717, 1.165) is 12.8 Å². The first-order chi connectivity index (χ1) is 8.09. The summed E-state index contributed by atoms with van der Waals surface area (Å²) in [5, 5.41) is 2.98. The number of Topliss-reactive ketones (excluding diaryl/α,β-unsaturated/α-hetero) is 1. The van der Waals surface area contributed by atoms with E-state index in [0.29, 0.717) is 25.8 Å². The molecule has 1 saturated heterocycles. The molecule has 0 radical (unpaired) electrons. The van der Waals surface area contributed by atoms with E-state index in [2.05, 4.69) is 5.32 Å². The highest BCUT2D eigenvalue weighted by atomic mass is 16.5. The smallest absolute Gasteiger partial charge is 0.239 e. The monoisotopic (exact) mass is 240 g/mol. The maximum absolute atomic E-state index is 12.0. The van der Waals surface area contributed by atoms with Crippen LogP contribution in [0.1, 0.15) is 26.7 Å². The molecule has 1 aliphatic carbocycles. The number of hydrogen-bond acceptors (Lipinski definition) is 4. The molecule has 1 heterocycles. The van der Waals surface area contributed by atoms with Crippen molar-refractivity contribution in [2.45, 2.75) is 44.8 Å². The van der Waals surface area contributed by atoms with Crippen LogP contribution in [0, 0.1) is 0 Å². The number of hydrogen-bond donors (Lipinski definition) is 1. The summed E-state index contributed by atoms with van der Waals surface area (Å²) in [6, 6.07) is -0.184. The zero-order valence-corrected chi connectivity index (χ0v) is 10.4. The summed E-state index contributed by atoms with van der Waals surface area (Å²) < 4.78 is 5.35. The molecule has 2 atom stereocenters. The van der Waals surface area contributed by atoms with Gasteiger partial charge in [0, 0.05) is 12.6 Å². The lowest BCUT2D eigenvalue weighted by Gasteiger charge is -2.37. The Bertz CT molecular complexity index is 315. The maximum atomic E-state index is 12.0. The van der Waals surface area contributed by atoms with Gasteiger partial charge in [0.1, 0.15) is 11.8 Å². The molecule has 2 rings (SSSR count). The van der Waals surface area contributed by atoms with E-state index in [4.69, 9.17) is 4.74 Å². The van der Waals surface area contributed by atoms with Crippen molar-refractivity contribution in [2.24, 2.45) is 0 Å². The molecule has 1 saturated carbocycles. The summed E-state index contributed by atoms with van der Waals surface area (Å²) in [4.78, 5) is 25.4. The second kappa shape index (κ2) is 5.14. The second-order valence-electron chi connectivity index (χ2n) is 4.90. The van der Waals surface area contributed by atoms with Crippen LogP contribution in [0.15, 0.2) is 0 Å². The van der Waals surface area contributed by atoms with Crippen molar-refractivity contribution >= 4 is 11.7 Å². The van der Waals surface area contributed by atoms with Crippen molar-refractivity contribution in [3.8, 4) is 0 Å². The Morgan fingerprint density at radius 1 is 1.41 bits per heavy atom. The lowest BCUT2D eigenvalue weighted by atomic mass is 10.1. The van der Waals surface area contributed by atoms with E-state index >= 15 is 0 Å². The summed E-state index contributed by atoms with van der Waals surface area (Å²) >= 11 is 0. The van der Waals surface area contributed by atoms with Gasteiger partial charge >= 0.3 is 0 Å². The van der Waals surface area contributed by atoms with Gasteiger partial charge in [-0.2, -0.15) is 0 Å². The zero-order valence-electron chi connectivity index (χ0n) is 10.4. The predicted molar refractivity (Wildman–Crippen MR) is 62.6 cm³/mol. The largest absolute Gasteiger partial charge is 0.378 e. The van der Waals surface area contributed by atoms with Gasteiger partial charge in [-0.25, -0.2) is 0 Å². The highest BCUT2D eigenvalue weighted by molar-refractivity contribution is 5.85. The van der Waals surface area contributed by atoms with Crippen LogP contribution in [0.4, 0.5) is 0 Å². The summed E-state index contributed by atoms with van der Waals surface area (Å²) in [6.45, 7) is 5.03. The van der Waals surface area contributed by atoms with Crippen LogP contribution in [0.2, 0.25) is 0 Å². The van der Waals surface area contributed by atoms with E-state index in [1.807, 2.05) is 11.8 Å². The first kappa shape index (κ1) is 12.5. The standard InChI is InChI=1S/C12H20N2O3/c1-8(9(2)15)14-5-6-17-7-11(14)12(16)13-10-3-4-10/h8,10-11H,3-7H2,1-2H3,(H,13,16). The molecule has 1 aliphatic heterocycles. The number of carbonyl (C=O) groups is 2. The van der Waals surface area contributed by atoms with Crippen LogP contribution in [0.25, 0.3) is 0 Å². The van der Waals surface area contributed by atoms with E-state index in [1.54, 1.807) is 6.92 Å². The van der Waals surface area contributed by atoms with Crippen molar-refractivity contribution in [1.29, 1.82) is 0 Å². The van der Waals surface area contributed by atoms with Crippen molar-refractivity contribution in [2.75, 3.05) is 19.8 Å². The zero-order chi connectivity index (χ0) is 12.4. The molecule has 1 amide bonds. The molecule has 0 aromatic heterocycles. The molecule has 2 fully saturated rings. The number of carbonyl (C=O) groups excluding carboxylic acids is 2. The van der Waals surface area contributed by atoms with E-state index in [1.165, 1.54) is 0 Å². The Balaban J connectivity index is 1.99. The molecule has 2 unspecified atom stereocenters. The Kier molecular flexibility index (Phi) is 3.79. The molecule has 0 aromatic rings. The van der Waals surface area contributed by atoms with Gasteiger partial charge < -0.3 is 10.1 Å². The average Bonchev–Trinajstić information content (AvgIpc) is 3.11. The highest BCUT2D eigenvalue weighted by Crippen LogP contribution is 2.20. The molecule has 0 aromatic carbocycles. The van der Waals surface area contributed by atoms with Crippen LogP contribution in [-0.4, -0.2) is 54.5 Å². The van der Waals surface area contributed by atoms with Crippen LogP contribution in [-0.2, 0) is 14.3 Å². The first-order valence-corrected chi connectivity index (χ1v) is 6.24. The number of nitrogens with one attached hydrogen (secondary N) is 1. The van der Waals surface area contributed by atoms with Gasteiger partial charge in [-0.1, -0.05) is 0 Å². The molecule has 96 valence electrons. The molecule has 0 spiro atoms. The Hall–Kier alpha value is -0.940. The quantitative estimate of drug-likeness (QED) is 0.748. The van der Waals surface area contributed by atoms with Gasteiger partial charge in [0.05, 0.1) is 19.3 Å². The van der Waals surface area contributed by atoms with E-state index in [-0.39, 0.29) is 23.8 Å². The molecule has 2 aliphatic rings. The summed E-state index contributed by atoms with van der Waals surface area (Å²) in [6.07, 6.45) is 2.14. The Labute approximate surface area is 101 Å². The molecule has 1 N–H and O–H groups in total. The van der Waals surface area contributed by atoms with Crippen molar-refractivity contribution < 1.29 is 14.3 Å². The normalized spacial score (nSPS) is 27.5. The SMILES string of the molecule is CC(=O)C(C)N1CCOCC1C(=O)NC1CC1. The minimum Gasteiger partial charge on any atom is -0.378 e. The highest BCUT2D eigenvalue weighted by Gasteiger charge is 2.36. The van der Waals surface area contributed by atoms with Gasteiger partial charge in [0.25, 0.3) is 0 Å². The number of rotatable bonds is 4. The molecule has 0 bridgehead atoms. The second-order valence-corrected chi connectivity index (χ2v) is 4.90. The third kappa shape index (κ3) is 3.04. The lowest BCUT2D eigenvalue weighted by molar-refractivity contribution is -0.138. The van der Waals surface area contributed by atoms with Crippen LogP contribution < -0.4 is 5.32 Å². The number of nitrogens with zero attached hydrogens (tertiary/aromatic N) is 1. The molecular weight excluding hydrogens is 220 g/mol. The lowest BCUT2D eigenvalue weighted by Crippen LogP contribution is -2.58. The minimum atomic E-state index is -0.316. The van der Waals surface area contributed by atoms with Crippen LogP contribution in [0.3, 0.4) is 0 Å². The van der Waals surface area contributed by atoms with Gasteiger partial charge in [-0.15, -0.1) is 0 Å². The third-order valence-corrected chi connectivity index (χ3v) is 3.48. The van der Waals surface area contributed by atoms with Gasteiger partial charge in [-0.3, -0.25) is 14.5 Å². The Morgan fingerprint density at radius 3 is 2.71 bits per heavy atom. The Morgan fingerprint density at radius 2 is 2.12 bits per heavy atom. The minimum absolute atomic E-state index is 0.000278.